The Morgan fingerprint density at radius 2 is 1.65 bits per heavy atom. The van der Waals surface area contributed by atoms with E-state index in [0.717, 1.165) is 0 Å². The molecule has 1 fully saturated rings. The van der Waals surface area contributed by atoms with Crippen LogP contribution < -0.4 is 5.32 Å². The third-order valence-corrected chi connectivity index (χ3v) is 3.25. The number of ether oxygens (including phenoxy) is 3. The highest BCUT2D eigenvalue weighted by Gasteiger charge is 2.44. The van der Waals surface area contributed by atoms with E-state index in [-0.39, 0.29) is 13.0 Å². The Kier molecular flexibility index (Phi) is 6.75. The summed E-state index contributed by atoms with van der Waals surface area (Å²) in [6, 6.07) is 0. The number of hydrogen-bond donors (Lipinski definition) is 4. The van der Waals surface area contributed by atoms with Crippen molar-refractivity contribution in [1.29, 1.82) is 0 Å². The van der Waals surface area contributed by atoms with Gasteiger partial charge in [0.1, 0.15) is 30.0 Å². The maximum absolute atomic E-state index is 11.6. The van der Waals surface area contributed by atoms with Crippen LogP contribution in [-0.2, 0) is 19.0 Å². The lowest BCUT2D eigenvalue weighted by Crippen LogP contribution is -2.60. The van der Waals surface area contributed by atoms with Gasteiger partial charge in [-0.25, -0.2) is 4.79 Å². The normalized spacial score (nSPS) is 31.3. The monoisotopic (exact) mass is 335 g/mol. The van der Waals surface area contributed by atoms with Gasteiger partial charge in [0.25, 0.3) is 0 Å². The molecule has 0 spiro atoms. The third-order valence-electron chi connectivity index (χ3n) is 3.25. The van der Waals surface area contributed by atoms with Crippen LogP contribution in [0.15, 0.2) is 0 Å². The Morgan fingerprint density at radius 3 is 2.17 bits per heavy atom. The summed E-state index contributed by atoms with van der Waals surface area (Å²) in [4.78, 5) is 22.9. The van der Waals surface area contributed by atoms with Crippen molar-refractivity contribution >= 4 is 12.1 Å². The van der Waals surface area contributed by atoms with Crippen molar-refractivity contribution in [1.82, 2.24) is 5.32 Å². The maximum Gasteiger partial charge on any atom is 0.407 e. The van der Waals surface area contributed by atoms with Crippen molar-refractivity contribution < 1.29 is 39.1 Å². The first-order valence-corrected chi connectivity index (χ1v) is 7.28. The lowest BCUT2D eigenvalue weighted by molar-refractivity contribution is -0.223. The predicted octanol–water partition coefficient (Wildman–Crippen LogP) is -1.08. The van der Waals surface area contributed by atoms with Gasteiger partial charge in [-0.2, -0.15) is 0 Å². The van der Waals surface area contributed by atoms with E-state index in [4.69, 9.17) is 9.47 Å². The quantitative estimate of drug-likeness (QED) is 0.477. The van der Waals surface area contributed by atoms with Gasteiger partial charge in [0.2, 0.25) is 0 Å². The number of alkyl carbamates (subject to hydrolysis) is 1. The van der Waals surface area contributed by atoms with E-state index in [1.165, 1.54) is 7.11 Å². The Labute approximate surface area is 134 Å². The molecule has 0 aromatic heterocycles. The Morgan fingerprint density at radius 1 is 1.09 bits per heavy atom. The highest BCUT2D eigenvalue weighted by Crippen LogP contribution is 2.23. The van der Waals surface area contributed by atoms with Crippen LogP contribution in [0.3, 0.4) is 0 Å². The molecule has 1 aliphatic rings. The van der Waals surface area contributed by atoms with E-state index in [1.54, 1.807) is 20.8 Å². The first-order chi connectivity index (χ1) is 10.5. The maximum atomic E-state index is 11.6. The number of amides is 1. The fraction of sp³-hybridized carbons (Fsp3) is 0.857. The standard InChI is InChI=1S/C14H25NO8/c1-14(2,3)23-13(20)15-6-8-11(18)12(19)10(17)7(22-8)5-9(16)21-4/h7-8,10-12,17-19H,5-6H2,1-4H3,(H,15,20)/t7-,8+,10-,11+,12+/m0/s1. The fourth-order valence-corrected chi connectivity index (χ4v) is 2.11. The van der Waals surface area contributed by atoms with E-state index in [1.807, 2.05) is 0 Å². The van der Waals surface area contributed by atoms with Gasteiger partial charge in [-0.15, -0.1) is 0 Å². The smallest absolute Gasteiger partial charge is 0.407 e. The van der Waals surface area contributed by atoms with Crippen molar-refractivity contribution in [2.75, 3.05) is 13.7 Å². The second-order valence-electron chi connectivity index (χ2n) is 6.35. The number of esters is 1. The molecule has 0 saturated carbocycles. The molecule has 0 unspecified atom stereocenters. The van der Waals surface area contributed by atoms with Gasteiger partial charge in [-0.1, -0.05) is 0 Å². The van der Waals surface area contributed by atoms with Crippen LogP contribution in [0.25, 0.3) is 0 Å². The topological polar surface area (TPSA) is 135 Å². The number of nitrogens with one attached hydrogen (secondary N) is 1. The molecule has 0 aromatic carbocycles. The summed E-state index contributed by atoms with van der Waals surface area (Å²) in [5, 5.41) is 32.0. The summed E-state index contributed by atoms with van der Waals surface area (Å²) < 4.78 is 14.9. The Hall–Kier alpha value is -1.42. The summed E-state index contributed by atoms with van der Waals surface area (Å²) in [6.07, 6.45) is -7.43. The largest absolute Gasteiger partial charge is 0.469 e. The van der Waals surface area contributed by atoms with Gasteiger partial charge in [-0.3, -0.25) is 4.79 Å². The molecule has 9 heteroatoms. The van der Waals surface area contributed by atoms with Crippen molar-refractivity contribution in [3.05, 3.63) is 0 Å². The van der Waals surface area contributed by atoms with Gasteiger partial charge in [0, 0.05) is 6.54 Å². The number of carbonyl (C=O) groups is 2. The van der Waals surface area contributed by atoms with Crippen LogP contribution in [-0.4, -0.2) is 77.2 Å². The molecular weight excluding hydrogens is 310 g/mol. The SMILES string of the molecule is COC(=O)C[C@@H]1O[C@H](CNC(=O)OC(C)(C)C)[C@@H](O)[C@H](O)[C@H]1O. The number of methoxy groups -OCH3 is 1. The molecule has 0 aliphatic carbocycles. The first-order valence-electron chi connectivity index (χ1n) is 7.28. The zero-order valence-corrected chi connectivity index (χ0v) is 13.7. The lowest BCUT2D eigenvalue weighted by Gasteiger charge is -2.40. The molecule has 1 saturated heterocycles. The number of aliphatic hydroxyl groups is 3. The highest BCUT2D eigenvalue weighted by atomic mass is 16.6. The van der Waals surface area contributed by atoms with E-state index >= 15 is 0 Å². The summed E-state index contributed by atoms with van der Waals surface area (Å²) in [5.74, 6) is -0.628. The highest BCUT2D eigenvalue weighted by molar-refractivity contribution is 5.70. The molecule has 23 heavy (non-hydrogen) atoms. The van der Waals surface area contributed by atoms with Crippen molar-refractivity contribution in [3.8, 4) is 0 Å². The molecule has 1 rings (SSSR count). The minimum absolute atomic E-state index is 0.155. The van der Waals surface area contributed by atoms with Crippen molar-refractivity contribution in [2.24, 2.45) is 0 Å². The van der Waals surface area contributed by atoms with Gasteiger partial charge in [0.05, 0.1) is 19.6 Å². The molecule has 1 amide bonds. The van der Waals surface area contributed by atoms with Crippen molar-refractivity contribution in [2.45, 2.75) is 63.3 Å². The summed E-state index contributed by atoms with van der Waals surface area (Å²) in [5.41, 5.74) is -0.681. The molecule has 134 valence electrons. The summed E-state index contributed by atoms with van der Waals surface area (Å²) in [6.45, 7) is 4.94. The number of rotatable bonds is 4. The molecular formula is C14H25NO8. The molecule has 5 atom stereocenters. The molecule has 1 aliphatic heterocycles. The van der Waals surface area contributed by atoms with Crippen LogP contribution in [0.5, 0.6) is 0 Å². The number of carbonyl (C=O) groups excluding carboxylic acids is 2. The average Bonchev–Trinajstić information content (AvgIpc) is 2.44. The van der Waals surface area contributed by atoms with Crippen LogP contribution in [0.1, 0.15) is 27.2 Å². The second kappa shape index (κ2) is 7.91. The van der Waals surface area contributed by atoms with Crippen molar-refractivity contribution in [3.63, 3.8) is 0 Å². The Bertz CT molecular complexity index is 421. The van der Waals surface area contributed by atoms with Gasteiger partial charge in [-0.05, 0) is 20.8 Å². The molecule has 1 heterocycles. The second-order valence-corrected chi connectivity index (χ2v) is 6.35. The van der Waals surface area contributed by atoms with Gasteiger partial charge in [0.15, 0.2) is 0 Å². The summed E-state index contributed by atoms with van der Waals surface area (Å²) in [7, 11) is 1.18. The lowest BCUT2D eigenvalue weighted by atomic mass is 9.93. The van der Waals surface area contributed by atoms with Crippen LogP contribution >= 0.6 is 0 Å². The first kappa shape index (κ1) is 19.6. The third kappa shape index (κ3) is 5.94. The van der Waals surface area contributed by atoms with E-state index in [9.17, 15) is 24.9 Å². The molecule has 0 radical (unpaired) electrons. The van der Waals surface area contributed by atoms with Gasteiger partial charge < -0.3 is 34.8 Å². The number of hydrogen-bond acceptors (Lipinski definition) is 8. The summed E-state index contributed by atoms with van der Waals surface area (Å²) >= 11 is 0. The average molecular weight is 335 g/mol. The zero-order valence-electron chi connectivity index (χ0n) is 13.7. The Balaban J connectivity index is 2.62. The molecule has 0 aromatic rings. The molecule has 4 N–H and O–H groups in total. The predicted molar refractivity (Wildman–Crippen MR) is 77.6 cm³/mol. The fourth-order valence-electron chi connectivity index (χ4n) is 2.11. The van der Waals surface area contributed by atoms with Crippen LogP contribution in [0.2, 0.25) is 0 Å². The molecule has 9 nitrogen and oxygen atoms in total. The van der Waals surface area contributed by atoms with Crippen LogP contribution in [0.4, 0.5) is 4.79 Å². The minimum atomic E-state index is -1.51. The minimum Gasteiger partial charge on any atom is -0.469 e. The number of aliphatic hydroxyl groups excluding tert-OH is 3. The van der Waals surface area contributed by atoms with E-state index in [2.05, 4.69) is 10.1 Å². The van der Waals surface area contributed by atoms with E-state index in [0.29, 0.717) is 0 Å². The van der Waals surface area contributed by atoms with Gasteiger partial charge >= 0.3 is 12.1 Å². The van der Waals surface area contributed by atoms with Crippen LogP contribution in [0, 0.1) is 0 Å². The molecule has 0 bridgehead atoms. The van der Waals surface area contributed by atoms with E-state index < -0.39 is 48.2 Å². The zero-order chi connectivity index (χ0) is 17.8.